The minimum absolute atomic E-state index is 0.109. The fourth-order valence-electron chi connectivity index (χ4n) is 2.99. The summed E-state index contributed by atoms with van der Waals surface area (Å²) in [5.41, 5.74) is 0.989. The molecule has 0 spiro atoms. The first-order chi connectivity index (χ1) is 15.3. The van der Waals surface area contributed by atoms with Gasteiger partial charge in [-0.1, -0.05) is 28.9 Å². The van der Waals surface area contributed by atoms with Crippen LogP contribution in [0.3, 0.4) is 0 Å². The topological polar surface area (TPSA) is 104 Å². The van der Waals surface area contributed by atoms with Gasteiger partial charge in [0.25, 0.3) is 15.9 Å². The van der Waals surface area contributed by atoms with Crippen LogP contribution in [0.15, 0.2) is 57.9 Å². The second-order valence-corrected chi connectivity index (χ2v) is 9.98. The molecule has 11 heteroatoms. The number of benzene rings is 2. The van der Waals surface area contributed by atoms with E-state index < -0.39 is 10.0 Å². The van der Waals surface area contributed by atoms with Crippen molar-refractivity contribution in [2.75, 3.05) is 18.9 Å². The van der Waals surface area contributed by atoms with E-state index in [2.05, 4.69) is 14.9 Å². The minimum Gasteiger partial charge on any atom is -0.497 e. The lowest BCUT2D eigenvalue weighted by Crippen LogP contribution is -2.13. The van der Waals surface area contributed by atoms with E-state index in [-0.39, 0.29) is 10.8 Å². The average molecular weight is 492 g/mol. The largest absolute Gasteiger partial charge is 0.497 e. The number of ether oxygens (including phenoxy) is 2. The SMILES string of the molecule is COc1ccc(NS(=O)(=O)c2cc(-c3nc(-c4cccc(Cl)c4)no3)sc2C)c(OC)c1. The summed E-state index contributed by atoms with van der Waals surface area (Å²) in [5, 5.41) is 4.53. The molecule has 0 bridgehead atoms. The van der Waals surface area contributed by atoms with Gasteiger partial charge in [-0.3, -0.25) is 4.72 Å². The number of hydrogen-bond acceptors (Lipinski definition) is 8. The summed E-state index contributed by atoms with van der Waals surface area (Å²) in [7, 11) is -0.932. The van der Waals surface area contributed by atoms with Gasteiger partial charge in [0, 0.05) is 21.5 Å². The van der Waals surface area contributed by atoms with Gasteiger partial charge >= 0.3 is 0 Å². The van der Waals surface area contributed by atoms with Crippen molar-refractivity contribution in [3.05, 3.63) is 58.4 Å². The lowest BCUT2D eigenvalue weighted by molar-refractivity contribution is 0.395. The maximum Gasteiger partial charge on any atom is 0.268 e. The van der Waals surface area contributed by atoms with Crippen LogP contribution in [0.1, 0.15) is 4.88 Å². The highest BCUT2D eigenvalue weighted by molar-refractivity contribution is 7.93. The van der Waals surface area contributed by atoms with Crippen molar-refractivity contribution in [2.45, 2.75) is 11.8 Å². The molecule has 2 aromatic carbocycles. The molecule has 0 aliphatic heterocycles. The third-order valence-corrected chi connectivity index (χ3v) is 7.43. The number of halogens is 1. The van der Waals surface area contributed by atoms with Crippen molar-refractivity contribution >= 4 is 38.6 Å². The first-order valence-corrected chi connectivity index (χ1v) is 11.9. The van der Waals surface area contributed by atoms with Crippen molar-refractivity contribution in [2.24, 2.45) is 0 Å². The highest BCUT2D eigenvalue weighted by atomic mass is 35.5. The van der Waals surface area contributed by atoms with Gasteiger partial charge in [0.2, 0.25) is 5.82 Å². The monoisotopic (exact) mass is 491 g/mol. The van der Waals surface area contributed by atoms with Crippen molar-refractivity contribution in [3.8, 4) is 33.7 Å². The van der Waals surface area contributed by atoms with E-state index in [1.54, 1.807) is 43.3 Å². The van der Waals surface area contributed by atoms with Crippen molar-refractivity contribution in [1.29, 1.82) is 0 Å². The smallest absolute Gasteiger partial charge is 0.268 e. The molecule has 166 valence electrons. The summed E-state index contributed by atoms with van der Waals surface area (Å²) in [6.45, 7) is 1.71. The molecule has 4 rings (SSSR count). The third-order valence-electron chi connectivity index (χ3n) is 4.53. The van der Waals surface area contributed by atoms with E-state index in [4.69, 9.17) is 25.6 Å². The molecule has 4 aromatic rings. The standard InChI is InChI=1S/C21H18ClN3O5S2/c1-12-19(32(26,27)25-16-8-7-15(28-2)10-17(16)29-3)11-18(31-12)21-23-20(24-30-21)13-5-4-6-14(22)9-13/h4-11,25H,1-3H3. The van der Waals surface area contributed by atoms with Crippen LogP contribution < -0.4 is 14.2 Å². The molecule has 32 heavy (non-hydrogen) atoms. The summed E-state index contributed by atoms with van der Waals surface area (Å²) in [4.78, 5) is 5.60. The number of sulfonamides is 1. The van der Waals surface area contributed by atoms with Crippen LogP contribution in [0, 0.1) is 6.92 Å². The summed E-state index contributed by atoms with van der Waals surface area (Å²) < 4.78 is 44.5. The molecule has 0 atom stereocenters. The molecule has 2 heterocycles. The van der Waals surface area contributed by atoms with Gasteiger partial charge < -0.3 is 14.0 Å². The van der Waals surface area contributed by atoms with E-state index in [0.29, 0.717) is 43.4 Å². The van der Waals surface area contributed by atoms with Crippen LogP contribution in [0.25, 0.3) is 22.2 Å². The maximum absolute atomic E-state index is 13.1. The summed E-state index contributed by atoms with van der Waals surface area (Å²) in [6.07, 6.45) is 0. The Kier molecular flexibility index (Phi) is 6.09. The molecule has 0 saturated heterocycles. The number of rotatable bonds is 7. The third kappa shape index (κ3) is 4.43. The number of nitrogens with zero attached hydrogens (tertiary/aromatic N) is 2. The zero-order chi connectivity index (χ0) is 22.9. The lowest BCUT2D eigenvalue weighted by Gasteiger charge is -2.12. The predicted molar refractivity (Wildman–Crippen MR) is 123 cm³/mol. The molecule has 0 saturated carbocycles. The van der Waals surface area contributed by atoms with Gasteiger partial charge in [0.1, 0.15) is 16.4 Å². The highest BCUT2D eigenvalue weighted by Crippen LogP contribution is 2.36. The van der Waals surface area contributed by atoms with Crippen molar-refractivity contribution in [3.63, 3.8) is 0 Å². The van der Waals surface area contributed by atoms with Crippen LogP contribution in [-0.2, 0) is 10.0 Å². The van der Waals surface area contributed by atoms with E-state index >= 15 is 0 Å². The Morgan fingerprint density at radius 2 is 1.91 bits per heavy atom. The number of thiophene rings is 1. The summed E-state index contributed by atoms with van der Waals surface area (Å²) in [5.74, 6) is 1.46. The molecule has 0 radical (unpaired) electrons. The molecule has 0 unspecified atom stereocenters. The molecule has 8 nitrogen and oxygen atoms in total. The van der Waals surface area contributed by atoms with E-state index in [1.807, 2.05) is 6.07 Å². The molecule has 0 aliphatic rings. The molecule has 0 aliphatic carbocycles. The van der Waals surface area contributed by atoms with E-state index in [0.717, 1.165) is 0 Å². The normalized spacial score (nSPS) is 11.4. The van der Waals surface area contributed by atoms with Crippen LogP contribution in [0.5, 0.6) is 11.5 Å². The van der Waals surface area contributed by atoms with Crippen LogP contribution in [0.2, 0.25) is 5.02 Å². The van der Waals surface area contributed by atoms with Crippen LogP contribution in [-0.4, -0.2) is 32.8 Å². The number of hydrogen-bond donors (Lipinski definition) is 1. The van der Waals surface area contributed by atoms with Crippen LogP contribution in [0.4, 0.5) is 5.69 Å². The Hall–Kier alpha value is -3.08. The number of anilines is 1. The van der Waals surface area contributed by atoms with Gasteiger partial charge in [-0.05, 0) is 37.3 Å². The van der Waals surface area contributed by atoms with E-state index in [1.165, 1.54) is 31.6 Å². The average Bonchev–Trinajstić information content (AvgIpc) is 3.41. The fraction of sp³-hybridized carbons (Fsp3) is 0.143. The van der Waals surface area contributed by atoms with Gasteiger partial charge in [0.15, 0.2) is 0 Å². The quantitative estimate of drug-likeness (QED) is 0.376. The van der Waals surface area contributed by atoms with Crippen LogP contribution >= 0.6 is 22.9 Å². The maximum atomic E-state index is 13.1. The Labute approximate surface area is 193 Å². The highest BCUT2D eigenvalue weighted by Gasteiger charge is 2.24. The lowest BCUT2D eigenvalue weighted by atomic mass is 10.2. The van der Waals surface area contributed by atoms with E-state index in [9.17, 15) is 8.42 Å². The van der Waals surface area contributed by atoms with Gasteiger partial charge in [-0.25, -0.2) is 8.42 Å². The second-order valence-electron chi connectivity index (χ2n) is 6.64. The zero-order valence-electron chi connectivity index (χ0n) is 17.2. The summed E-state index contributed by atoms with van der Waals surface area (Å²) >= 11 is 7.26. The molecule has 0 fully saturated rings. The zero-order valence-corrected chi connectivity index (χ0v) is 19.6. The Morgan fingerprint density at radius 1 is 1.09 bits per heavy atom. The second kappa shape index (κ2) is 8.81. The Bertz CT molecular complexity index is 1380. The first kappa shape index (κ1) is 22.1. The van der Waals surface area contributed by atoms with Crippen molar-refractivity contribution in [1.82, 2.24) is 10.1 Å². The molecular formula is C21H18ClN3O5S2. The fourth-order valence-corrected chi connectivity index (χ4v) is 5.76. The van der Waals surface area contributed by atoms with Gasteiger partial charge in [-0.2, -0.15) is 4.98 Å². The first-order valence-electron chi connectivity index (χ1n) is 9.26. The molecule has 2 aromatic heterocycles. The number of nitrogens with one attached hydrogen (secondary N) is 1. The number of aromatic nitrogens is 2. The Morgan fingerprint density at radius 3 is 2.62 bits per heavy atom. The number of methoxy groups -OCH3 is 2. The number of aryl methyl sites for hydroxylation is 1. The molecule has 0 amide bonds. The predicted octanol–water partition coefficient (Wildman–Crippen LogP) is 5.24. The Balaban J connectivity index is 1.64. The van der Waals surface area contributed by atoms with Gasteiger partial charge in [0.05, 0.1) is 24.8 Å². The molecular weight excluding hydrogens is 474 g/mol. The molecule has 1 N–H and O–H groups in total. The minimum atomic E-state index is -3.90. The van der Waals surface area contributed by atoms with Crippen molar-refractivity contribution < 1.29 is 22.4 Å². The summed E-state index contributed by atoms with van der Waals surface area (Å²) in [6, 6.07) is 13.4. The van der Waals surface area contributed by atoms with Gasteiger partial charge in [-0.15, -0.1) is 11.3 Å².